The van der Waals surface area contributed by atoms with Gasteiger partial charge in [-0.3, -0.25) is 14.4 Å². The first-order chi connectivity index (χ1) is 14.3. The molecule has 0 spiro atoms. The minimum atomic E-state index is -0.804. The number of carbonyl (C=O) groups excluding carboxylic acids is 3. The van der Waals surface area contributed by atoms with Gasteiger partial charge in [0.25, 0.3) is 5.91 Å². The Morgan fingerprint density at radius 2 is 1.83 bits per heavy atom. The second kappa shape index (κ2) is 9.26. The number of nitrogens with zero attached hydrogens (tertiary/aromatic N) is 1. The van der Waals surface area contributed by atoms with Crippen LogP contribution >= 0.6 is 11.6 Å². The molecule has 158 valence electrons. The van der Waals surface area contributed by atoms with E-state index in [4.69, 9.17) is 11.6 Å². The highest BCUT2D eigenvalue weighted by molar-refractivity contribution is 6.34. The van der Waals surface area contributed by atoms with Gasteiger partial charge in [-0.05, 0) is 54.8 Å². The molecular formula is C22H23ClFN3O3. The summed E-state index contributed by atoms with van der Waals surface area (Å²) in [5.74, 6) is -1.48. The largest absolute Gasteiger partial charge is 0.340 e. The van der Waals surface area contributed by atoms with E-state index >= 15 is 0 Å². The zero-order valence-corrected chi connectivity index (χ0v) is 17.5. The van der Waals surface area contributed by atoms with Crippen LogP contribution in [-0.2, 0) is 9.59 Å². The molecule has 0 unspecified atom stereocenters. The van der Waals surface area contributed by atoms with E-state index in [1.807, 2.05) is 13.8 Å². The Morgan fingerprint density at radius 1 is 1.13 bits per heavy atom. The molecule has 6 nitrogen and oxygen atoms in total. The van der Waals surface area contributed by atoms with Crippen LogP contribution in [0.5, 0.6) is 0 Å². The van der Waals surface area contributed by atoms with Gasteiger partial charge in [0.2, 0.25) is 11.8 Å². The summed E-state index contributed by atoms with van der Waals surface area (Å²) in [6.07, 6.45) is 1.29. The van der Waals surface area contributed by atoms with E-state index in [1.54, 1.807) is 23.1 Å². The highest BCUT2D eigenvalue weighted by Gasteiger charge is 2.26. The minimum absolute atomic E-state index is 0.0251. The standard InChI is InChI=1S/C22H23ClFN3O3/c1-13(2)20(26-21(29)14-5-7-15(24)8-6-14)22(30)25-16-9-10-18(17(23)12-16)27-11-3-4-19(27)28/h5-10,12-13,20H,3-4,11H2,1-2H3,(H,25,30)(H,26,29)/t20-/m0/s1. The summed E-state index contributed by atoms with van der Waals surface area (Å²) < 4.78 is 13.1. The zero-order chi connectivity index (χ0) is 21.8. The Bertz CT molecular complexity index is 963. The molecule has 0 aromatic heterocycles. The number of nitrogens with one attached hydrogen (secondary N) is 2. The molecule has 1 aliphatic heterocycles. The minimum Gasteiger partial charge on any atom is -0.340 e. The van der Waals surface area contributed by atoms with Crippen LogP contribution in [0, 0.1) is 11.7 Å². The van der Waals surface area contributed by atoms with Gasteiger partial charge in [0.05, 0.1) is 10.7 Å². The number of anilines is 2. The highest BCUT2D eigenvalue weighted by Crippen LogP contribution is 2.31. The quantitative estimate of drug-likeness (QED) is 0.725. The summed E-state index contributed by atoms with van der Waals surface area (Å²) in [5, 5.41) is 5.81. The maximum atomic E-state index is 13.1. The van der Waals surface area contributed by atoms with Gasteiger partial charge in [-0.1, -0.05) is 25.4 Å². The first-order valence-corrected chi connectivity index (χ1v) is 10.1. The van der Waals surface area contributed by atoms with E-state index in [9.17, 15) is 18.8 Å². The van der Waals surface area contributed by atoms with Crippen molar-refractivity contribution in [1.82, 2.24) is 5.32 Å². The van der Waals surface area contributed by atoms with Gasteiger partial charge in [0.1, 0.15) is 11.9 Å². The van der Waals surface area contributed by atoms with E-state index in [2.05, 4.69) is 10.6 Å². The summed E-state index contributed by atoms with van der Waals surface area (Å²) in [7, 11) is 0. The molecule has 1 atom stereocenters. The molecule has 30 heavy (non-hydrogen) atoms. The van der Waals surface area contributed by atoms with Crippen molar-refractivity contribution in [3.63, 3.8) is 0 Å². The lowest BCUT2D eigenvalue weighted by Crippen LogP contribution is -2.47. The van der Waals surface area contributed by atoms with Crippen LogP contribution in [0.2, 0.25) is 5.02 Å². The lowest BCUT2D eigenvalue weighted by atomic mass is 10.0. The molecule has 1 fully saturated rings. The third-order valence-electron chi connectivity index (χ3n) is 4.92. The van der Waals surface area contributed by atoms with Gasteiger partial charge in [-0.15, -0.1) is 0 Å². The Balaban J connectivity index is 1.70. The topological polar surface area (TPSA) is 78.5 Å². The Labute approximate surface area is 179 Å². The van der Waals surface area contributed by atoms with Gasteiger partial charge in [0.15, 0.2) is 0 Å². The van der Waals surface area contributed by atoms with Crippen LogP contribution in [0.3, 0.4) is 0 Å². The van der Waals surface area contributed by atoms with Crippen molar-refractivity contribution in [2.45, 2.75) is 32.7 Å². The van der Waals surface area contributed by atoms with E-state index in [0.717, 1.165) is 6.42 Å². The van der Waals surface area contributed by atoms with Crippen LogP contribution < -0.4 is 15.5 Å². The molecule has 3 amide bonds. The van der Waals surface area contributed by atoms with Crippen molar-refractivity contribution in [1.29, 1.82) is 0 Å². The third-order valence-corrected chi connectivity index (χ3v) is 5.22. The predicted molar refractivity (Wildman–Crippen MR) is 114 cm³/mol. The van der Waals surface area contributed by atoms with Crippen LogP contribution in [0.25, 0.3) is 0 Å². The van der Waals surface area contributed by atoms with Crippen molar-refractivity contribution < 1.29 is 18.8 Å². The van der Waals surface area contributed by atoms with Crippen molar-refractivity contribution >= 4 is 40.7 Å². The predicted octanol–water partition coefficient (Wildman–Crippen LogP) is 4.00. The molecular weight excluding hydrogens is 409 g/mol. The number of amides is 3. The van der Waals surface area contributed by atoms with Crippen molar-refractivity contribution in [3.05, 3.63) is 58.9 Å². The number of carbonyl (C=O) groups is 3. The number of hydrogen-bond acceptors (Lipinski definition) is 3. The molecule has 0 bridgehead atoms. The van der Waals surface area contributed by atoms with Crippen molar-refractivity contribution in [2.75, 3.05) is 16.8 Å². The molecule has 2 N–H and O–H groups in total. The molecule has 3 rings (SSSR count). The maximum Gasteiger partial charge on any atom is 0.251 e. The summed E-state index contributed by atoms with van der Waals surface area (Å²) in [5.41, 5.74) is 1.33. The molecule has 0 radical (unpaired) electrons. The highest BCUT2D eigenvalue weighted by atomic mass is 35.5. The third kappa shape index (κ3) is 4.97. The zero-order valence-electron chi connectivity index (χ0n) is 16.7. The number of halogens is 2. The van der Waals surface area contributed by atoms with E-state index < -0.39 is 23.7 Å². The maximum absolute atomic E-state index is 13.1. The molecule has 1 aliphatic rings. The summed E-state index contributed by atoms with van der Waals surface area (Å²) in [6.45, 7) is 4.24. The summed E-state index contributed by atoms with van der Waals surface area (Å²) in [4.78, 5) is 38.8. The molecule has 1 heterocycles. The Hall–Kier alpha value is -2.93. The first-order valence-electron chi connectivity index (χ1n) is 9.73. The number of rotatable bonds is 6. The summed E-state index contributed by atoms with van der Waals surface area (Å²) >= 11 is 6.33. The SMILES string of the molecule is CC(C)[C@H](NC(=O)c1ccc(F)cc1)C(=O)Nc1ccc(N2CCCC2=O)c(Cl)c1. The lowest BCUT2D eigenvalue weighted by molar-refractivity contribution is -0.119. The Kier molecular flexibility index (Phi) is 6.72. The molecule has 2 aromatic carbocycles. The van der Waals surface area contributed by atoms with Gasteiger partial charge in [0, 0.05) is 24.2 Å². The number of hydrogen-bond donors (Lipinski definition) is 2. The van der Waals surface area contributed by atoms with Crippen molar-refractivity contribution in [3.8, 4) is 0 Å². The van der Waals surface area contributed by atoms with Crippen LogP contribution in [0.1, 0.15) is 37.0 Å². The molecule has 1 saturated heterocycles. The van der Waals surface area contributed by atoms with Gasteiger partial charge < -0.3 is 15.5 Å². The van der Waals surface area contributed by atoms with Crippen LogP contribution in [0.4, 0.5) is 15.8 Å². The fourth-order valence-electron chi connectivity index (χ4n) is 3.29. The smallest absolute Gasteiger partial charge is 0.251 e. The fourth-order valence-corrected chi connectivity index (χ4v) is 3.57. The second-order valence-electron chi connectivity index (χ2n) is 7.51. The Morgan fingerprint density at radius 3 is 2.40 bits per heavy atom. The fraction of sp³-hybridized carbons (Fsp3) is 0.318. The normalized spacial score (nSPS) is 14.7. The van der Waals surface area contributed by atoms with Gasteiger partial charge >= 0.3 is 0 Å². The summed E-state index contributed by atoms with van der Waals surface area (Å²) in [6, 6.07) is 9.24. The van der Waals surface area contributed by atoms with Crippen LogP contribution in [0.15, 0.2) is 42.5 Å². The lowest BCUT2D eigenvalue weighted by Gasteiger charge is -2.22. The van der Waals surface area contributed by atoms with E-state index in [-0.39, 0.29) is 17.4 Å². The molecule has 8 heteroatoms. The first kappa shape index (κ1) is 21.8. The van der Waals surface area contributed by atoms with E-state index in [1.165, 1.54) is 24.3 Å². The van der Waals surface area contributed by atoms with E-state index in [0.29, 0.717) is 29.4 Å². The van der Waals surface area contributed by atoms with Crippen LogP contribution in [-0.4, -0.2) is 30.3 Å². The molecule has 0 saturated carbocycles. The average Bonchev–Trinajstić information content (AvgIpc) is 3.12. The van der Waals surface area contributed by atoms with Gasteiger partial charge in [-0.2, -0.15) is 0 Å². The van der Waals surface area contributed by atoms with Crippen molar-refractivity contribution in [2.24, 2.45) is 5.92 Å². The average molecular weight is 432 g/mol. The monoisotopic (exact) mass is 431 g/mol. The second-order valence-corrected chi connectivity index (χ2v) is 7.91. The molecule has 0 aliphatic carbocycles. The number of benzene rings is 2. The molecule has 2 aromatic rings. The van der Waals surface area contributed by atoms with Gasteiger partial charge in [-0.25, -0.2) is 4.39 Å².